The van der Waals surface area contributed by atoms with Crippen molar-refractivity contribution in [3.8, 4) is 33.6 Å². The molecule has 11 aromatic carbocycles. The molecule has 0 saturated carbocycles. The average molecular weight is 761 g/mol. The van der Waals surface area contributed by atoms with Gasteiger partial charge in [-0.3, -0.25) is 0 Å². The minimum absolute atomic E-state index is 1.16. The molecule has 0 fully saturated rings. The molecule has 0 atom stereocenters. The minimum Gasteiger partial charge on any atom is -0.309 e. The first-order chi connectivity index (χ1) is 29.8. The maximum Gasteiger partial charge on any atom is 0.0547 e. The molecule has 0 spiro atoms. The number of para-hydroxylation sites is 4. The summed E-state index contributed by atoms with van der Waals surface area (Å²) in [5.41, 5.74) is 12.1. The molecule has 60 heavy (non-hydrogen) atoms. The van der Waals surface area contributed by atoms with Crippen molar-refractivity contribution in [2.45, 2.75) is 0 Å². The largest absolute Gasteiger partial charge is 0.309 e. The van der Waals surface area contributed by atoms with Crippen LogP contribution in [0.5, 0.6) is 0 Å². The molecule has 0 aliphatic rings. The highest BCUT2D eigenvalue weighted by Crippen LogP contribution is 2.45. The predicted molar refractivity (Wildman–Crippen MR) is 256 cm³/mol. The van der Waals surface area contributed by atoms with Crippen LogP contribution < -0.4 is 0 Å². The molecule has 0 bridgehead atoms. The SMILES string of the molecule is c1ccc(-c2cc3cc4cc(-c5ccccc5)c5cc6c7ccccc7n(-c7ccccc7)c6cc5c4cc3c3cc4c(cc23)c2ccccc2n4-c2ccccc2)cc1. The van der Waals surface area contributed by atoms with E-state index in [0.29, 0.717) is 0 Å². The molecular formula is C58H36N2. The van der Waals surface area contributed by atoms with Gasteiger partial charge in [-0.05, 0) is 150 Å². The zero-order valence-corrected chi connectivity index (χ0v) is 32.7. The number of hydrogen-bond acceptors (Lipinski definition) is 0. The summed E-state index contributed by atoms with van der Waals surface area (Å²) in [6, 6.07) is 80.7. The molecule has 13 aromatic rings. The molecule has 278 valence electrons. The second kappa shape index (κ2) is 12.8. The Hall–Kier alpha value is -7.94. The van der Waals surface area contributed by atoms with Gasteiger partial charge in [-0.2, -0.15) is 0 Å². The van der Waals surface area contributed by atoms with Crippen LogP contribution in [0.2, 0.25) is 0 Å². The molecule has 0 N–H and O–H groups in total. The van der Waals surface area contributed by atoms with Crippen molar-refractivity contribution >= 4 is 86.7 Å². The Balaban J connectivity index is 1.21. The van der Waals surface area contributed by atoms with Gasteiger partial charge < -0.3 is 9.13 Å². The van der Waals surface area contributed by atoms with E-state index in [-0.39, 0.29) is 0 Å². The van der Waals surface area contributed by atoms with Crippen molar-refractivity contribution in [3.63, 3.8) is 0 Å². The molecule has 13 rings (SSSR count). The maximum atomic E-state index is 2.49. The summed E-state index contributed by atoms with van der Waals surface area (Å²) in [5.74, 6) is 0. The molecule has 0 saturated heterocycles. The lowest BCUT2D eigenvalue weighted by Gasteiger charge is -2.17. The van der Waals surface area contributed by atoms with Gasteiger partial charge in [0.05, 0.1) is 22.1 Å². The standard InChI is InChI=1S/C58H36N2/c1-5-17-37(18-6-1)45-30-39-29-40-31-46(38-19-7-2-8-20-38)50-34-54-44-26-14-16-28-56(44)60(42-23-11-4-12-24-42)58(54)36-52(50)48(40)32-47(39)51-35-57-53(33-49(45)51)43-25-13-15-27-55(43)59(57)41-21-9-3-10-22-41/h1-36H. The van der Waals surface area contributed by atoms with Crippen LogP contribution in [0.3, 0.4) is 0 Å². The summed E-state index contributed by atoms with van der Waals surface area (Å²) in [7, 11) is 0. The molecule has 0 aliphatic carbocycles. The van der Waals surface area contributed by atoms with E-state index in [1.54, 1.807) is 0 Å². The Kier molecular flexibility index (Phi) is 7.05. The molecule has 0 amide bonds. The number of fused-ring (bicyclic) bond motifs is 12. The highest BCUT2D eigenvalue weighted by molar-refractivity contribution is 6.27. The third kappa shape index (κ3) is 4.82. The van der Waals surface area contributed by atoms with Gasteiger partial charge in [0, 0.05) is 32.9 Å². The van der Waals surface area contributed by atoms with Gasteiger partial charge >= 0.3 is 0 Å². The van der Waals surface area contributed by atoms with Crippen LogP contribution in [0, 0.1) is 0 Å². The van der Waals surface area contributed by atoms with Crippen LogP contribution in [0.25, 0.3) is 120 Å². The molecule has 2 aromatic heterocycles. The van der Waals surface area contributed by atoms with Crippen LogP contribution in [-0.4, -0.2) is 9.13 Å². The van der Waals surface area contributed by atoms with Crippen LogP contribution in [-0.2, 0) is 0 Å². The van der Waals surface area contributed by atoms with Crippen molar-refractivity contribution in [3.05, 3.63) is 218 Å². The number of nitrogens with zero attached hydrogens (tertiary/aromatic N) is 2. The highest BCUT2D eigenvalue weighted by Gasteiger charge is 2.20. The third-order valence-corrected chi connectivity index (χ3v) is 12.8. The van der Waals surface area contributed by atoms with Crippen molar-refractivity contribution in [1.29, 1.82) is 0 Å². The quantitative estimate of drug-likeness (QED) is 0.125. The van der Waals surface area contributed by atoms with Gasteiger partial charge in [0.15, 0.2) is 0 Å². The van der Waals surface area contributed by atoms with Crippen LogP contribution in [0.15, 0.2) is 218 Å². The Labute approximate surface area is 346 Å². The highest BCUT2D eigenvalue weighted by atomic mass is 15.0. The lowest BCUT2D eigenvalue weighted by molar-refractivity contribution is 1.18. The zero-order valence-electron chi connectivity index (χ0n) is 32.7. The fourth-order valence-corrected chi connectivity index (χ4v) is 10.2. The lowest BCUT2D eigenvalue weighted by atomic mass is 9.88. The first-order valence-corrected chi connectivity index (χ1v) is 20.8. The first kappa shape index (κ1) is 33.1. The summed E-state index contributed by atoms with van der Waals surface area (Å²) in [6.07, 6.45) is 0. The minimum atomic E-state index is 1.16. The summed E-state index contributed by atoms with van der Waals surface area (Å²) >= 11 is 0. The summed E-state index contributed by atoms with van der Waals surface area (Å²) in [6.45, 7) is 0. The van der Waals surface area contributed by atoms with Gasteiger partial charge in [-0.1, -0.05) is 133 Å². The Morgan fingerprint density at radius 3 is 1.02 bits per heavy atom. The van der Waals surface area contributed by atoms with Gasteiger partial charge in [0.25, 0.3) is 0 Å². The van der Waals surface area contributed by atoms with Gasteiger partial charge in [-0.25, -0.2) is 0 Å². The smallest absolute Gasteiger partial charge is 0.0547 e. The van der Waals surface area contributed by atoms with E-state index in [1.165, 1.54) is 109 Å². The molecule has 0 aliphatic heterocycles. The number of rotatable bonds is 4. The average Bonchev–Trinajstić information content (AvgIpc) is 3.82. The number of benzene rings is 11. The fourth-order valence-electron chi connectivity index (χ4n) is 10.2. The lowest BCUT2D eigenvalue weighted by Crippen LogP contribution is -1.94. The number of aromatic nitrogens is 2. The van der Waals surface area contributed by atoms with Crippen molar-refractivity contribution in [2.75, 3.05) is 0 Å². The first-order valence-electron chi connectivity index (χ1n) is 20.8. The second-order valence-corrected chi connectivity index (χ2v) is 16.1. The molecular weight excluding hydrogens is 725 g/mol. The molecule has 2 heteroatoms. The Morgan fingerprint density at radius 1 is 0.217 bits per heavy atom. The van der Waals surface area contributed by atoms with Crippen molar-refractivity contribution in [1.82, 2.24) is 9.13 Å². The van der Waals surface area contributed by atoms with E-state index in [9.17, 15) is 0 Å². The van der Waals surface area contributed by atoms with Crippen LogP contribution in [0.1, 0.15) is 0 Å². The van der Waals surface area contributed by atoms with E-state index in [1.807, 2.05) is 0 Å². The third-order valence-electron chi connectivity index (χ3n) is 12.8. The van der Waals surface area contributed by atoms with E-state index in [0.717, 1.165) is 11.4 Å². The van der Waals surface area contributed by atoms with Crippen LogP contribution >= 0.6 is 0 Å². The monoisotopic (exact) mass is 760 g/mol. The second-order valence-electron chi connectivity index (χ2n) is 16.1. The zero-order chi connectivity index (χ0) is 39.3. The fraction of sp³-hybridized carbons (Fsp3) is 0. The molecule has 2 nitrogen and oxygen atoms in total. The summed E-state index contributed by atoms with van der Waals surface area (Å²) < 4.78 is 4.87. The molecule has 0 radical (unpaired) electrons. The van der Waals surface area contributed by atoms with E-state index in [2.05, 4.69) is 228 Å². The Bertz CT molecular complexity index is 3590. The van der Waals surface area contributed by atoms with Gasteiger partial charge in [-0.15, -0.1) is 0 Å². The van der Waals surface area contributed by atoms with E-state index in [4.69, 9.17) is 0 Å². The summed E-state index contributed by atoms with van der Waals surface area (Å²) in [4.78, 5) is 0. The molecule has 2 heterocycles. The summed E-state index contributed by atoms with van der Waals surface area (Å²) in [5, 5.41) is 15.0. The van der Waals surface area contributed by atoms with Crippen molar-refractivity contribution < 1.29 is 0 Å². The normalized spacial score (nSPS) is 12.0. The number of hydrogen-bond donors (Lipinski definition) is 0. The topological polar surface area (TPSA) is 9.86 Å². The Morgan fingerprint density at radius 2 is 0.583 bits per heavy atom. The van der Waals surface area contributed by atoms with E-state index >= 15 is 0 Å². The van der Waals surface area contributed by atoms with Crippen LogP contribution in [0.4, 0.5) is 0 Å². The predicted octanol–water partition coefficient (Wildman–Crippen LogP) is 15.8. The van der Waals surface area contributed by atoms with E-state index < -0.39 is 0 Å². The maximum absolute atomic E-state index is 2.49. The van der Waals surface area contributed by atoms with Crippen molar-refractivity contribution in [2.24, 2.45) is 0 Å². The van der Waals surface area contributed by atoms with Gasteiger partial charge in [0.1, 0.15) is 0 Å². The molecule has 0 unspecified atom stereocenters. The van der Waals surface area contributed by atoms with Gasteiger partial charge in [0.2, 0.25) is 0 Å².